The Morgan fingerprint density at radius 3 is 1.79 bits per heavy atom. The summed E-state index contributed by atoms with van der Waals surface area (Å²) >= 11 is -2.35. The predicted molar refractivity (Wildman–Crippen MR) is 128 cm³/mol. The zero-order valence-corrected chi connectivity index (χ0v) is 22.5. The van der Waals surface area contributed by atoms with Crippen LogP contribution in [0.1, 0.15) is 85.6 Å². The molecule has 2 heteroatoms. The van der Waals surface area contributed by atoms with Gasteiger partial charge in [0.2, 0.25) is 0 Å². The first-order valence-corrected chi connectivity index (χ1v) is 19.4. The van der Waals surface area contributed by atoms with Crippen LogP contribution in [0.4, 0.5) is 0 Å². The molecule has 0 aliphatic heterocycles. The van der Waals surface area contributed by atoms with E-state index in [1.54, 1.807) is 13.3 Å². The van der Waals surface area contributed by atoms with Crippen molar-refractivity contribution in [3.8, 4) is 0 Å². The summed E-state index contributed by atoms with van der Waals surface area (Å²) in [5.41, 5.74) is 1.58. The molecule has 1 nitrogen and oxygen atoms in total. The fourth-order valence-electron chi connectivity index (χ4n) is 4.69. The molecule has 1 aromatic carbocycles. The molecule has 0 saturated carbocycles. The topological polar surface area (TPSA) is 9.23 Å². The van der Waals surface area contributed by atoms with E-state index in [0.29, 0.717) is 12.0 Å². The summed E-state index contributed by atoms with van der Waals surface area (Å²) in [6.07, 6.45) is 12.8. The third kappa shape index (κ3) is 8.93. The SMILES string of the molecule is CCC[CH2][Sn]([CH2]CCC)([CH2]CCC)[CH](/C=C\OCc1ccccc1)C(C)(C)C. The molecule has 0 fully saturated rings. The van der Waals surface area contributed by atoms with Crippen molar-refractivity contribution in [2.75, 3.05) is 0 Å². The van der Waals surface area contributed by atoms with Crippen LogP contribution in [0.5, 0.6) is 0 Å². The van der Waals surface area contributed by atoms with Crippen LogP contribution in [0.25, 0.3) is 0 Å². The number of benzene rings is 1. The van der Waals surface area contributed by atoms with Crippen molar-refractivity contribution in [3.63, 3.8) is 0 Å². The molecule has 160 valence electrons. The van der Waals surface area contributed by atoms with E-state index in [1.807, 2.05) is 0 Å². The first-order valence-electron chi connectivity index (χ1n) is 11.7. The van der Waals surface area contributed by atoms with Gasteiger partial charge in [0, 0.05) is 0 Å². The van der Waals surface area contributed by atoms with Gasteiger partial charge < -0.3 is 0 Å². The van der Waals surface area contributed by atoms with Crippen molar-refractivity contribution < 1.29 is 4.74 Å². The molecule has 1 unspecified atom stereocenters. The second-order valence-electron chi connectivity index (χ2n) is 9.64. The van der Waals surface area contributed by atoms with E-state index < -0.39 is 18.4 Å². The molecule has 1 atom stereocenters. The van der Waals surface area contributed by atoms with Crippen molar-refractivity contribution in [1.29, 1.82) is 0 Å². The molecule has 1 rings (SSSR count). The molecule has 0 amide bonds. The molecule has 28 heavy (non-hydrogen) atoms. The Morgan fingerprint density at radius 1 is 0.857 bits per heavy atom. The van der Waals surface area contributed by atoms with Gasteiger partial charge in [-0.05, 0) is 0 Å². The summed E-state index contributed by atoms with van der Waals surface area (Å²) in [6, 6.07) is 10.5. The van der Waals surface area contributed by atoms with Gasteiger partial charge in [-0.25, -0.2) is 0 Å². The van der Waals surface area contributed by atoms with Crippen molar-refractivity contribution in [3.05, 3.63) is 48.2 Å². The summed E-state index contributed by atoms with van der Waals surface area (Å²) in [7, 11) is 0. The third-order valence-corrected chi connectivity index (χ3v) is 24.5. The average molecular weight is 493 g/mol. The van der Waals surface area contributed by atoms with Crippen LogP contribution in [0.2, 0.25) is 17.2 Å². The molecule has 0 N–H and O–H groups in total. The first-order chi connectivity index (χ1) is 13.4. The Balaban J connectivity index is 3.03. The molecule has 0 bridgehead atoms. The van der Waals surface area contributed by atoms with Crippen molar-refractivity contribution in [2.45, 2.75) is 104 Å². The standard InChI is InChI=1S/C14H19O.3C4H9.Sn/c1-14(2,3)10-7-11-15-12-13-8-5-4-6-9-13;3*1-3-4-2;/h4-11H,12H2,1-3H3;3*1,3-4H2,2H3;/b11-7-;;;;. The zero-order valence-electron chi connectivity index (χ0n) is 19.6. The minimum absolute atomic E-state index is 0.331. The van der Waals surface area contributed by atoms with E-state index in [9.17, 15) is 0 Å². The first kappa shape index (κ1) is 25.6. The molecular formula is C26H46OSn. The average Bonchev–Trinajstić information content (AvgIpc) is 2.68. The number of allylic oxidation sites excluding steroid dienone is 1. The normalized spacial score (nSPS) is 13.8. The van der Waals surface area contributed by atoms with Gasteiger partial charge in [-0.2, -0.15) is 0 Å². The second kappa shape index (κ2) is 13.7. The maximum absolute atomic E-state index is 6.01. The second-order valence-corrected chi connectivity index (χ2v) is 23.5. The van der Waals surface area contributed by atoms with Gasteiger partial charge in [0.05, 0.1) is 0 Å². The number of hydrogen-bond donors (Lipinski definition) is 0. The van der Waals surface area contributed by atoms with Gasteiger partial charge in [-0.1, -0.05) is 0 Å². The molecule has 0 aliphatic carbocycles. The Morgan fingerprint density at radius 2 is 1.36 bits per heavy atom. The number of unbranched alkanes of at least 4 members (excludes halogenated alkanes) is 3. The summed E-state index contributed by atoms with van der Waals surface area (Å²) in [6.45, 7) is 15.2. The van der Waals surface area contributed by atoms with E-state index in [4.69, 9.17) is 4.74 Å². The van der Waals surface area contributed by atoms with Crippen molar-refractivity contribution in [2.24, 2.45) is 5.41 Å². The molecule has 0 spiro atoms. The Labute approximate surface area is 180 Å². The molecule has 0 heterocycles. The summed E-state index contributed by atoms with van der Waals surface area (Å²) < 4.78 is 11.4. The Kier molecular flexibility index (Phi) is 12.5. The summed E-state index contributed by atoms with van der Waals surface area (Å²) in [5, 5.41) is 0. The van der Waals surface area contributed by atoms with Gasteiger partial charge >= 0.3 is 181 Å². The summed E-state index contributed by atoms with van der Waals surface area (Å²) in [4.78, 5) is 0. The van der Waals surface area contributed by atoms with Crippen LogP contribution >= 0.6 is 0 Å². The number of hydrogen-bond acceptors (Lipinski definition) is 1. The van der Waals surface area contributed by atoms with Gasteiger partial charge in [0.15, 0.2) is 0 Å². The van der Waals surface area contributed by atoms with Crippen LogP contribution < -0.4 is 0 Å². The summed E-state index contributed by atoms with van der Waals surface area (Å²) in [5.74, 6) is 0. The Hall–Kier alpha value is -0.441. The fraction of sp³-hybridized carbons (Fsp3) is 0.692. The van der Waals surface area contributed by atoms with Gasteiger partial charge in [-0.15, -0.1) is 0 Å². The molecular weight excluding hydrogens is 447 g/mol. The van der Waals surface area contributed by atoms with E-state index in [0.717, 1.165) is 3.93 Å². The maximum atomic E-state index is 6.01. The van der Waals surface area contributed by atoms with Crippen LogP contribution in [0.15, 0.2) is 42.7 Å². The fourth-order valence-corrected chi connectivity index (χ4v) is 25.2. The monoisotopic (exact) mass is 494 g/mol. The minimum atomic E-state index is -2.35. The van der Waals surface area contributed by atoms with Gasteiger partial charge in [-0.3, -0.25) is 0 Å². The van der Waals surface area contributed by atoms with Gasteiger partial charge in [0.25, 0.3) is 0 Å². The quantitative estimate of drug-likeness (QED) is 0.186. The van der Waals surface area contributed by atoms with Crippen LogP contribution in [-0.4, -0.2) is 18.4 Å². The molecule has 1 aromatic rings. The molecule has 0 radical (unpaired) electrons. The van der Waals surface area contributed by atoms with Crippen LogP contribution in [-0.2, 0) is 11.3 Å². The zero-order chi connectivity index (χ0) is 20.9. The van der Waals surface area contributed by atoms with E-state index in [-0.39, 0.29) is 0 Å². The predicted octanol–water partition coefficient (Wildman–Crippen LogP) is 8.98. The van der Waals surface area contributed by atoms with E-state index in [1.165, 1.54) is 44.1 Å². The molecule has 0 saturated heterocycles. The number of rotatable bonds is 14. The van der Waals surface area contributed by atoms with Crippen LogP contribution in [0.3, 0.4) is 0 Å². The molecule has 0 aromatic heterocycles. The Bertz CT molecular complexity index is 507. The van der Waals surface area contributed by atoms with E-state index >= 15 is 0 Å². The van der Waals surface area contributed by atoms with Crippen molar-refractivity contribution >= 4 is 18.4 Å². The van der Waals surface area contributed by atoms with Crippen molar-refractivity contribution in [1.82, 2.24) is 0 Å². The van der Waals surface area contributed by atoms with E-state index in [2.05, 4.69) is 84.2 Å². The molecule has 0 aliphatic rings. The van der Waals surface area contributed by atoms with Gasteiger partial charge in [0.1, 0.15) is 0 Å². The van der Waals surface area contributed by atoms with Crippen LogP contribution in [0, 0.1) is 5.41 Å². The third-order valence-electron chi connectivity index (χ3n) is 6.14. The number of ether oxygens (including phenoxy) is 1.